The number of hydrogen-bond acceptors (Lipinski definition) is 3. The minimum Gasteiger partial charge on any atom is -0.434 e. The van der Waals surface area contributed by atoms with E-state index in [-0.39, 0.29) is 0 Å². The monoisotopic (exact) mass is 218 g/mol. The van der Waals surface area contributed by atoms with Gasteiger partial charge in [0, 0.05) is 6.07 Å². The number of furan rings is 1. The Kier molecular flexibility index (Phi) is 2.40. The van der Waals surface area contributed by atoms with Gasteiger partial charge >= 0.3 is 0 Å². The minimum absolute atomic E-state index is 0.506. The summed E-state index contributed by atoms with van der Waals surface area (Å²) in [4.78, 5) is 0. The van der Waals surface area contributed by atoms with Gasteiger partial charge in [0.15, 0.2) is 5.75 Å². The topological polar surface area (TPSA) is 40.2 Å². The lowest BCUT2D eigenvalue weighted by Gasteiger charge is -2.08. The molecule has 3 rings (SSSR count). The Hall–Kier alpha value is -1.71. The molecule has 0 saturated heterocycles. The largest absolute Gasteiger partial charge is 0.434 e. The highest BCUT2D eigenvalue weighted by Crippen LogP contribution is 2.30. The zero-order valence-corrected chi connectivity index (χ0v) is 9.00. The molecule has 1 saturated carbocycles. The molecular weight excluding hydrogens is 204 g/mol. The van der Waals surface area contributed by atoms with Gasteiger partial charge in [-0.15, -0.1) is 0 Å². The van der Waals surface area contributed by atoms with E-state index in [0.29, 0.717) is 12.0 Å². The first-order chi connectivity index (χ1) is 7.92. The van der Waals surface area contributed by atoms with Crippen LogP contribution in [0.25, 0.3) is 0 Å². The number of aromatic nitrogens is 2. The van der Waals surface area contributed by atoms with E-state index in [4.69, 9.17) is 9.15 Å². The molecule has 1 aliphatic rings. The third-order valence-electron chi connectivity index (χ3n) is 2.99. The fraction of sp³-hybridized carbons (Fsp3) is 0.417. The van der Waals surface area contributed by atoms with Gasteiger partial charge in [0.1, 0.15) is 0 Å². The molecule has 84 valence electrons. The number of rotatable bonds is 3. The Morgan fingerprint density at radius 1 is 1.38 bits per heavy atom. The first-order valence-corrected chi connectivity index (χ1v) is 5.67. The SMILES string of the molecule is c1coc(Oc2cnn(C3CCCC3)c2)c1. The number of nitrogens with zero attached hydrogens (tertiary/aromatic N) is 2. The number of hydrogen-bond donors (Lipinski definition) is 0. The second-order valence-electron chi connectivity index (χ2n) is 4.13. The molecule has 2 heterocycles. The molecule has 0 aliphatic heterocycles. The summed E-state index contributed by atoms with van der Waals surface area (Å²) in [6.45, 7) is 0. The van der Waals surface area contributed by atoms with E-state index < -0.39 is 0 Å². The van der Waals surface area contributed by atoms with E-state index in [0.717, 1.165) is 5.75 Å². The normalized spacial score (nSPS) is 16.8. The Bertz CT molecular complexity index is 441. The van der Waals surface area contributed by atoms with Crippen molar-refractivity contribution in [3.8, 4) is 11.7 Å². The van der Waals surface area contributed by atoms with Crippen LogP contribution in [0.5, 0.6) is 11.7 Å². The van der Waals surface area contributed by atoms with E-state index in [1.54, 1.807) is 24.6 Å². The van der Waals surface area contributed by atoms with E-state index >= 15 is 0 Å². The molecule has 0 amide bonds. The Morgan fingerprint density at radius 2 is 2.25 bits per heavy atom. The predicted octanol–water partition coefficient (Wildman–Crippen LogP) is 3.38. The summed E-state index contributed by atoms with van der Waals surface area (Å²) in [5.41, 5.74) is 0. The lowest BCUT2D eigenvalue weighted by Crippen LogP contribution is -2.04. The molecule has 0 radical (unpaired) electrons. The standard InChI is InChI=1S/C12H14N2O2/c1-2-5-10(4-1)14-9-11(8-13-14)16-12-6-3-7-15-12/h3,6-10H,1-2,4-5H2. The Morgan fingerprint density at radius 3 is 3.00 bits per heavy atom. The van der Waals surface area contributed by atoms with Crippen molar-refractivity contribution in [3.63, 3.8) is 0 Å². The third-order valence-corrected chi connectivity index (χ3v) is 2.99. The maximum atomic E-state index is 5.51. The van der Waals surface area contributed by atoms with Crippen molar-refractivity contribution < 1.29 is 9.15 Å². The molecule has 0 spiro atoms. The van der Waals surface area contributed by atoms with Crippen molar-refractivity contribution in [2.45, 2.75) is 31.7 Å². The fourth-order valence-corrected chi connectivity index (χ4v) is 2.18. The van der Waals surface area contributed by atoms with Gasteiger partial charge < -0.3 is 9.15 Å². The smallest absolute Gasteiger partial charge is 0.289 e. The highest BCUT2D eigenvalue weighted by atomic mass is 16.6. The number of ether oxygens (including phenoxy) is 1. The Balaban J connectivity index is 1.72. The van der Waals surface area contributed by atoms with Gasteiger partial charge in [-0.2, -0.15) is 5.10 Å². The van der Waals surface area contributed by atoms with Crippen LogP contribution in [0, 0.1) is 0 Å². The van der Waals surface area contributed by atoms with Gasteiger partial charge in [-0.1, -0.05) is 12.8 Å². The summed E-state index contributed by atoms with van der Waals surface area (Å²) in [5.74, 6) is 1.24. The molecule has 4 heteroatoms. The summed E-state index contributed by atoms with van der Waals surface area (Å²) in [5, 5.41) is 4.33. The second-order valence-corrected chi connectivity index (χ2v) is 4.13. The molecule has 16 heavy (non-hydrogen) atoms. The summed E-state index contributed by atoms with van der Waals surface area (Å²) in [6, 6.07) is 4.14. The van der Waals surface area contributed by atoms with Crippen molar-refractivity contribution in [2.24, 2.45) is 0 Å². The van der Waals surface area contributed by atoms with Crippen LogP contribution in [0.1, 0.15) is 31.7 Å². The predicted molar refractivity (Wildman–Crippen MR) is 58.5 cm³/mol. The van der Waals surface area contributed by atoms with Gasteiger partial charge in [-0.3, -0.25) is 4.68 Å². The zero-order valence-electron chi connectivity index (χ0n) is 9.00. The molecule has 0 aromatic carbocycles. The lowest BCUT2D eigenvalue weighted by molar-refractivity contribution is 0.345. The van der Waals surface area contributed by atoms with Crippen LogP contribution < -0.4 is 4.74 Å². The van der Waals surface area contributed by atoms with Crippen LogP contribution in [0.3, 0.4) is 0 Å². The highest BCUT2D eigenvalue weighted by Gasteiger charge is 2.17. The van der Waals surface area contributed by atoms with Crippen molar-refractivity contribution in [1.82, 2.24) is 9.78 Å². The van der Waals surface area contributed by atoms with E-state index in [2.05, 4.69) is 5.10 Å². The van der Waals surface area contributed by atoms with Crippen molar-refractivity contribution in [3.05, 3.63) is 30.8 Å². The van der Waals surface area contributed by atoms with Crippen LogP contribution in [0.4, 0.5) is 0 Å². The van der Waals surface area contributed by atoms with Crippen LogP contribution in [0.2, 0.25) is 0 Å². The third kappa shape index (κ3) is 1.83. The molecule has 0 atom stereocenters. The van der Waals surface area contributed by atoms with Crippen molar-refractivity contribution in [1.29, 1.82) is 0 Å². The minimum atomic E-state index is 0.506. The summed E-state index contributed by atoms with van der Waals surface area (Å²) in [6.07, 6.45) is 10.3. The quantitative estimate of drug-likeness (QED) is 0.792. The Labute approximate surface area is 93.8 Å². The maximum absolute atomic E-state index is 5.51. The van der Waals surface area contributed by atoms with Crippen LogP contribution >= 0.6 is 0 Å². The maximum Gasteiger partial charge on any atom is 0.289 e. The highest BCUT2D eigenvalue weighted by molar-refractivity contribution is 5.19. The van der Waals surface area contributed by atoms with Gasteiger partial charge in [0.05, 0.1) is 24.7 Å². The van der Waals surface area contributed by atoms with Gasteiger partial charge in [-0.25, -0.2) is 0 Å². The summed E-state index contributed by atoms with van der Waals surface area (Å²) in [7, 11) is 0. The molecule has 0 N–H and O–H groups in total. The van der Waals surface area contributed by atoms with Crippen molar-refractivity contribution in [2.75, 3.05) is 0 Å². The van der Waals surface area contributed by atoms with Gasteiger partial charge in [-0.05, 0) is 18.9 Å². The fourth-order valence-electron chi connectivity index (χ4n) is 2.18. The molecule has 4 nitrogen and oxygen atoms in total. The molecular formula is C12H14N2O2. The molecule has 2 aromatic rings. The molecule has 2 aromatic heterocycles. The second kappa shape index (κ2) is 4.04. The van der Waals surface area contributed by atoms with Gasteiger partial charge in [0.25, 0.3) is 5.95 Å². The molecule has 1 aliphatic carbocycles. The first-order valence-electron chi connectivity index (χ1n) is 5.67. The lowest BCUT2D eigenvalue weighted by atomic mass is 10.3. The van der Waals surface area contributed by atoms with Crippen LogP contribution in [-0.4, -0.2) is 9.78 Å². The van der Waals surface area contributed by atoms with E-state index in [1.807, 2.05) is 10.9 Å². The zero-order chi connectivity index (χ0) is 10.8. The van der Waals surface area contributed by atoms with E-state index in [9.17, 15) is 0 Å². The molecule has 0 bridgehead atoms. The van der Waals surface area contributed by atoms with Crippen LogP contribution in [-0.2, 0) is 0 Å². The average Bonchev–Trinajstić information content (AvgIpc) is 2.99. The summed E-state index contributed by atoms with van der Waals surface area (Å²) >= 11 is 0. The first kappa shape index (κ1) is 9.51. The van der Waals surface area contributed by atoms with Crippen molar-refractivity contribution >= 4 is 0 Å². The summed E-state index contributed by atoms with van der Waals surface area (Å²) < 4.78 is 12.6. The average molecular weight is 218 g/mol. The molecule has 0 unspecified atom stereocenters. The molecule has 1 fully saturated rings. The van der Waals surface area contributed by atoms with Gasteiger partial charge in [0.2, 0.25) is 0 Å². The van der Waals surface area contributed by atoms with E-state index in [1.165, 1.54) is 25.7 Å². The van der Waals surface area contributed by atoms with Crippen LogP contribution in [0.15, 0.2) is 35.2 Å².